The van der Waals surface area contributed by atoms with Gasteiger partial charge in [-0.05, 0) is 24.6 Å². The number of hydrogen-bond acceptors (Lipinski definition) is 5. The van der Waals surface area contributed by atoms with Crippen LogP contribution >= 0.6 is 0 Å². The fourth-order valence-corrected chi connectivity index (χ4v) is 4.49. The first-order chi connectivity index (χ1) is 15.2. The van der Waals surface area contributed by atoms with Crippen molar-refractivity contribution in [3.8, 4) is 17.2 Å². The van der Waals surface area contributed by atoms with E-state index in [1.165, 1.54) is 0 Å². The van der Waals surface area contributed by atoms with E-state index in [-0.39, 0.29) is 6.17 Å². The van der Waals surface area contributed by atoms with Crippen LogP contribution in [0.2, 0.25) is 0 Å². The summed E-state index contributed by atoms with van der Waals surface area (Å²) >= 11 is 0. The molecule has 0 saturated carbocycles. The molecule has 4 rings (SSSR count). The highest BCUT2D eigenvalue weighted by Crippen LogP contribution is 2.37. The maximum Gasteiger partial charge on any atom is 0.123 e. The first kappa shape index (κ1) is 21.2. The van der Waals surface area contributed by atoms with Gasteiger partial charge in [0.25, 0.3) is 0 Å². The molecule has 1 fully saturated rings. The van der Waals surface area contributed by atoms with Crippen LogP contribution in [0.3, 0.4) is 0 Å². The van der Waals surface area contributed by atoms with Crippen molar-refractivity contribution in [2.45, 2.75) is 25.7 Å². The number of hydrogen-bond donors (Lipinski definition) is 1. The van der Waals surface area contributed by atoms with Crippen molar-refractivity contribution >= 4 is 0 Å². The molecule has 5 heteroatoms. The number of methoxy groups -OCH3 is 2. The molecule has 0 spiro atoms. The fraction of sp³-hybridized carbons (Fsp3) is 0.308. The molecule has 162 valence electrons. The number of benzene rings is 3. The number of phenolic OH excluding ortho intramolecular Hbond substituents is 1. The predicted octanol–water partition coefficient (Wildman–Crippen LogP) is 4.82. The number of para-hydroxylation sites is 3. The van der Waals surface area contributed by atoms with Crippen LogP contribution in [0.4, 0.5) is 0 Å². The Labute approximate surface area is 184 Å². The van der Waals surface area contributed by atoms with E-state index in [0.29, 0.717) is 5.75 Å². The normalized spacial score (nSPS) is 15.7. The third kappa shape index (κ3) is 4.68. The number of phenols is 1. The highest BCUT2D eigenvalue weighted by molar-refractivity contribution is 5.37. The van der Waals surface area contributed by atoms with E-state index in [4.69, 9.17) is 9.47 Å². The molecular weight excluding hydrogens is 388 g/mol. The molecule has 0 amide bonds. The lowest BCUT2D eigenvalue weighted by molar-refractivity contribution is -0.0110. The largest absolute Gasteiger partial charge is 0.508 e. The summed E-state index contributed by atoms with van der Waals surface area (Å²) in [6.45, 7) is 3.37. The maximum atomic E-state index is 10.7. The summed E-state index contributed by atoms with van der Waals surface area (Å²) in [6, 6.07) is 24.0. The van der Waals surface area contributed by atoms with Gasteiger partial charge in [-0.2, -0.15) is 0 Å². The minimum Gasteiger partial charge on any atom is -0.508 e. The highest BCUT2D eigenvalue weighted by atomic mass is 16.5. The zero-order chi connectivity index (χ0) is 21.6. The van der Waals surface area contributed by atoms with Gasteiger partial charge in [-0.25, -0.2) is 0 Å². The third-order valence-corrected chi connectivity index (χ3v) is 5.93. The number of nitrogens with zero attached hydrogens (tertiary/aromatic N) is 2. The first-order valence-electron chi connectivity index (χ1n) is 10.7. The van der Waals surface area contributed by atoms with Crippen LogP contribution in [-0.4, -0.2) is 42.2 Å². The van der Waals surface area contributed by atoms with Gasteiger partial charge in [-0.15, -0.1) is 0 Å². The summed E-state index contributed by atoms with van der Waals surface area (Å²) in [4.78, 5) is 4.84. The van der Waals surface area contributed by atoms with E-state index in [2.05, 4.69) is 21.9 Å². The molecular formula is C26H30N2O3. The SMILES string of the molecule is COc1ccccc1CN1CCCN(Cc2ccccc2OC)C1c1ccccc1O. The summed E-state index contributed by atoms with van der Waals surface area (Å²) in [5.74, 6) is 2.10. The minimum absolute atomic E-state index is 0.0511. The van der Waals surface area contributed by atoms with Gasteiger partial charge in [0, 0.05) is 42.9 Å². The van der Waals surface area contributed by atoms with Gasteiger partial charge in [0.05, 0.1) is 20.4 Å². The molecule has 1 N–H and O–H groups in total. The summed E-state index contributed by atoms with van der Waals surface area (Å²) in [7, 11) is 3.42. The van der Waals surface area contributed by atoms with Crippen LogP contribution in [0.25, 0.3) is 0 Å². The molecule has 0 unspecified atom stereocenters. The molecule has 3 aromatic carbocycles. The van der Waals surface area contributed by atoms with E-state index in [1.807, 2.05) is 54.6 Å². The summed E-state index contributed by atoms with van der Waals surface area (Å²) in [6.07, 6.45) is 0.999. The highest BCUT2D eigenvalue weighted by Gasteiger charge is 2.33. The molecule has 0 bridgehead atoms. The Kier molecular flexibility index (Phi) is 6.75. The molecule has 0 aromatic heterocycles. The Bertz CT molecular complexity index is 950. The van der Waals surface area contributed by atoms with Crippen molar-refractivity contribution in [1.29, 1.82) is 0 Å². The van der Waals surface area contributed by atoms with Crippen LogP contribution in [0, 0.1) is 0 Å². The van der Waals surface area contributed by atoms with Gasteiger partial charge in [-0.3, -0.25) is 9.80 Å². The van der Waals surface area contributed by atoms with Crippen molar-refractivity contribution in [3.63, 3.8) is 0 Å². The van der Waals surface area contributed by atoms with Crippen LogP contribution in [0.5, 0.6) is 17.2 Å². The van der Waals surface area contributed by atoms with Gasteiger partial charge in [0.15, 0.2) is 0 Å². The van der Waals surface area contributed by atoms with Crippen molar-refractivity contribution in [2.75, 3.05) is 27.3 Å². The Balaban J connectivity index is 1.69. The van der Waals surface area contributed by atoms with Crippen LogP contribution in [0.1, 0.15) is 29.3 Å². The van der Waals surface area contributed by atoms with Gasteiger partial charge >= 0.3 is 0 Å². The Morgan fingerprint density at radius 3 is 1.74 bits per heavy atom. The molecule has 0 radical (unpaired) electrons. The molecule has 5 nitrogen and oxygen atoms in total. The van der Waals surface area contributed by atoms with Gasteiger partial charge in [0.1, 0.15) is 17.2 Å². The fourth-order valence-electron chi connectivity index (χ4n) is 4.49. The molecule has 1 heterocycles. The second kappa shape index (κ2) is 9.86. The van der Waals surface area contributed by atoms with E-state index in [0.717, 1.165) is 60.8 Å². The summed E-state index contributed by atoms with van der Waals surface area (Å²) in [5.41, 5.74) is 3.21. The molecule has 31 heavy (non-hydrogen) atoms. The van der Waals surface area contributed by atoms with E-state index >= 15 is 0 Å². The molecule has 1 saturated heterocycles. The zero-order valence-electron chi connectivity index (χ0n) is 18.2. The monoisotopic (exact) mass is 418 g/mol. The summed E-state index contributed by atoms with van der Waals surface area (Å²) in [5, 5.41) is 10.7. The number of aromatic hydroxyl groups is 1. The number of rotatable bonds is 7. The second-order valence-corrected chi connectivity index (χ2v) is 7.85. The van der Waals surface area contributed by atoms with Crippen molar-refractivity contribution < 1.29 is 14.6 Å². The Morgan fingerprint density at radius 1 is 0.742 bits per heavy atom. The molecule has 3 aromatic rings. The standard InChI is InChI=1S/C26H30N2O3/c1-30-24-14-7-3-10-20(24)18-27-16-9-17-28(19-21-11-4-8-15-25(21)31-2)26(27)22-12-5-6-13-23(22)29/h3-8,10-15,26,29H,9,16-19H2,1-2H3. The quantitative estimate of drug-likeness (QED) is 0.596. The lowest BCUT2D eigenvalue weighted by Gasteiger charge is -2.44. The van der Waals surface area contributed by atoms with E-state index in [9.17, 15) is 5.11 Å². The average Bonchev–Trinajstić information content (AvgIpc) is 2.81. The van der Waals surface area contributed by atoms with Crippen molar-refractivity contribution in [1.82, 2.24) is 9.80 Å². The van der Waals surface area contributed by atoms with Crippen LogP contribution in [-0.2, 0) is 13.1 Å². The third-order valence-electron chi connectivity index (χ3n) is 5.93. The maximum absolute atomic E-state index is 10.7. The second-order valence-electron chi connectivity index (χ2n) is 7.85. The molecule has 0 aliphatic carbocycles. The van der Waals surface area contributed by atoms with Crippen molar-refractivity contribution in [2.24, 2.45) is 0 Å². The topological polar surface area (TPSA) is 45.2 Å². The Morgan fingerprint density at radius 2 is 1.23 bits per heavy atom. The van der Waals surface area contributed by atoms with E-state index in [1.54, 1.807) is 20.3 Å². The van der Waals surface area contributed by atoms with E-state index < -0.39 is 0 Å². The van der Waals surface area contributed by atoms with Crippen LogP contribution < -0.4 is 9.47 Å². The average molecular weight is 419 g/mol. The first-order valence-corrected chi connectivity index (χ1v) is 10.7. The summed E-state index contributed by atoms with van der Waals surface area (Å²) < 4.78 is 11.2. The van der Waals surface area contributed by atoms with Crippen LogP contribution in [0.15, 0.2) is 72.8 Å². The Hall–Kier alpha value is -3.02. The lowest BCUT2D eigenvalue weighted by Crippen LogP contribution is -2.47. The van der Waals surface area contributed by atoms with Crippen molar-refractivity contribution in [3.05, 3.63) is 89.5 Å². The molecule has 1 aliphatic rings. The molecule has 1 aliphatic heterocycles. The number of ether oxygens (including phenoxy) is 2. The minimum atomic E-state index is -0.0511. The van der Waals surface area contributed by atoms with Gasteiger partial charge < -0.3 is 14.6 Å². The molecule has 0 atom stereocenters. The predicted molar refractivity (Wildman–Crippen MR) is 122 cm³/mol. The smallest absolute Gasteiger partial charge is 0.123 e. The van der Waals surface area contributed by atoms with Gasteiger partial charge in [0.2, 0.25) is 0 Å². The zero-order valence-corrected chi connectivity index (χ0v) is 18.2. The lowest BCUT2D eigenvalue weighted by atomic mass is 10.0. The van der Waals surface area contributed by atoms with Gasteiger partial charge in [-0.1, -0.05) is 54.6 Å².